The van der Waals surface area contributed by atoms with Crippen molar-refractivity contribution < 1.29 is 14.3 Å². The van der Waals surface area contributed by atoms with Crippen LogP contribution in [0.5, 0.6) is 0 Å². The van der Waals surface area contributed by atoms with Crippen LogP contribution in [0.4, 0.5) is 0 Å². The van der Waals surface area contributed by atoms with Gasteiger partial charge in [-0.25, -0.2) is 0 Å². The van der Waals surface area contributed by atoms with Gasteiger partial charge in [0.25, 0.3) is 0 Å². The Morgan fingerprint density at radius 3 is 2.29 bits per heavy atom. The van der Waals surface area contributed by atoms with Crippen LogP contribution in [0.15, 0.2) is 0 Å². The fraction of sp³-hybridized carbons (Fsp3) is 0.923. The van der Waals surface area contributed by atoms with Crippen LogP contribution >= 0.6 is 0 Å². The monoisotopic (exact) mass is 245 g/mol. The van der Waals surface area contributed by atoms with Gasteiger partial charge in [0.1, 0.15) is 5.54 Å². The molecule has 0 aromatic rings. The fourth-order valence-electron chi connectivity index (χ4n) is 1.69. The lowest BCUT2D eigenvalue weighted by atomic mass is 9.97. The molecule has 0 saturated carbocycles. The molecule has 0 aliphatic rings. The first-order chi connectivity index (χ1) is 7.81. The summed E-state index contributed by atoms with van der Waals surface area (Å²) in [6, 6.07) is 0.226. The standard InChI is InChI=1S/C13H27NO3/c1-10(2)9-17-8-7-13(5,12(15)16-6)14-11(3)4/h10-11,14H,7-9H2,1-6H3. The minimum absolute atomic E-state index is 0.226. The summed E-state index contributed by atoms with van der Waals surface area (Å²) < 4.78 is 10.4. The molecule has 0 aliphatic carbocycles. The van der Waals surface area contributed by atoms with Crippen molar-refractivity contribution in [2.45, 2.75) is 52.6 Å². The Kier molecular flexibility index (Phi) is 7.39. The van der Waals surface area contributed by atoms with Gasteiger partial charge in [-0.2, -0.15) is 0 Å². The third kappa shape index (κ3) is 6.64. The average Bonchev–Trinajstić information content (AvgIpc) is 2.22. The van der Waals surface area contributed by atoms with Crippen molar-refractivity contribution in [2.24, 2.45) is 5.92 Å². The first-order valence-electron chi connectivity index (χ1n) is 6.25. The molecule has 0 saturated heterocycles. The molecule has 0 aliphatic heterocycles. The molecule has 0 aromatic carbocycles. The number of ether oxygens (including phenoxy) is 2. The Balaban J connectivity index is 4.24. The number of methoxy groups -OCH3 is 1. The van der Waals surface area contributed by atoms with E-state index in [4.69, 9.17) is 9.47 Å². The molecule has 0 radical (unpaired) electrons. The number of carbonyl (C=O) groups is 1. The van der Waals surface area contributed by atoms with Gasteiger partial charge in [0.15, 0.2) is 0 Å². The maximum Gasteiger partial charge on any atom is 0.325 e. The molecule has 0 fully saturated rings. The van der Waals surface area contributed by atoms with E-state index in [2.05, 4.69) is 19.2 Å². The molecule has 0 heterocycles. The van der Waals surface area contributed by atoms with Gasteiger partial charge in [-0.1, -0.05) is 13.8 Å². The van der Waals surface area contributed by atoms with Crippen molar-refractivity contribution in [2.75, 3.05) is 20.3 Å². The number of nitrogens with one attached hydrogen (secondary N) is 1. The lowest BCUT2D eigenvalue weighted by Gasteiger charge is -2.30. The molecule has 0 rings (SSSR count). The molecule has 0 spiro atoms. The average molecular weight is 245 g/mol. The van der Waals surface area contributed by atoms with Crippen LogP contribution in [0.1, 0.15) is 41.0 Å². The zero-order valence-electron chi connectivity index (χ0n) is 12.0. The summed E-state index contributed by atoms with van der Waals surface area (Å²) in [7, 11) is 1.41. The molecule has 17 heavy (non-hydrogen) atoms. The summed E-state index contributed by atoms with van der Waals surface area (Å²) in [4.78, 5) is 11.8. The topological polar surface area (TPSA) is 47.6 Å². The van der Waals surface area contributed by atoms with E-state index in [-0.39, 0.29) is 12.0 Å². The molecule has 1 atom stereocenters. The van der Waals surface area contributed by atoms with Crippen LogP contribution in [0.3, 0.4) is 0 Å². The van der Waals surface area contributed by atoms with Crippen molar-refractivity contribution in [3.8, 4) is 0 Å². The molecule has 4 heteroatoms. The maximum atomic E-state index is 11.8. The molecule has 4 nitrogen and oxygen atoms in total. The Labute approximate surface area is 105 Å². The van der Waals surface area contributed by atoms with Crippen molar-refractivity contribution in [1.29, 1.82) is 0 Å². The highest BCUT2D eigenvalue weighted by Crippen LogP contribution is 2.13. The second kappa shape index (κ2) is 7.67. The van der Waals surface area contributed by atoms with Gasteiger partial charge in [-0.15, -0.1) is 0 Å². The Bertz CT molecular complexity index is 229. The zero-order valence-corrected chi connectivity index (χ0v) is 12.0. The summed E-state index contributed by atoms with van der Waals surface area (Å²) in [5, 5.41) is 3.24. The summed E-state index contributed by atoms with van der Waals surface area (Å²) in [6.07, 6.45) is 0.616. The number of carbonyl (C=O) groups excluding carboxylic acids is 1. The second-order valence-corrected chi connectivity index (χ2v) is 5.34. The van der Waals surface area contributed by atoms with Crippen LogP contribution in [0.2, 0.25) is 0 Å². The lowest BCUT2D eigenvalue weighted by Crippen LogP contribution is -2.53. The smallest absolute Gasteiger partial charge is 0.325 e. The molecule has 1 unspecified atom stereocenters. The van der Waals surface area contributed by atoms with Gasteiger partial charge in [-0.3, -0.25) is 10.1 Å². The predicted molar refractivity (Wildman–Crippen MR) is 69.0 cm³/mol. The number of rotatable bonds is 8. The molecule has 0 bridgehead atoms. The van der Waals surface area contributed by atoms with E-state index in [9.17, 15) is 4.79 Å². The number of hydrogen-bond donors (Lipinski definition) is 1. The third-order valence-electron chi connectivity index (χ3n) is 2.44. The van der Waals surface area contributed by atoms with Crippen LogP contribution in [0.25, 0.3) is 0 Å². The van der Waals surface area contributed by atoms with Gasteiger partial charge in [-0.05, 0) is 33.1 Å². The van der Waals surface area contributed by atoms with Crippen molar-refractivity contribution in [3.05, 3.63) is 0 Å². The first-order valence-corrected chi connectivity index (χ1v) is 6.25. The van der Waals surface area contributed by atoms with E-state index in [1.165, 1.54) is 7.11 Å². The maximum absolute atomic E-state index is 11.8. The Morgan fingerprint density at radius 2 is 1.88 bits per heavy atom. The lowest BCUT2D eigenvalue weighted by molar-refractivity contribution is -0.149. The van der Waals surface area contributed by atoms with Gasteiger partial charge in [0.05, 0.1) is 7.11 Å². The van der Waals surface area contributed by atoms with Gasteiger partial charge >= 0.3 is 5.97 Å². The summed E-state index contributed by atoms with van der Waals surface area (Å²) in [5.41, 5.74) is -0.667. The zero-order chi connectivity index (χ0) is 13.5. The normalized spacial score (nSPS) is 15.1. The Hall–Kier alpha value is -0.610. The van der Waals surface area contributed by atoms with E-state index in [0.29, 0.717) is 18.9 Å². The number of hydrogen-bond acceptors (Lipinski definition) is 4. The second-order valence-electron chi connectivity index (χ2n) is 5.34. The van der Waals surface area contributed by atoms with Crippen LogP contribution in [-0.4, -0.2) is 37.9 Å². The number of esters is 1. The highest BCUT2D eigenvalue weighted by atomic mass is 16.5. The van der Waals surface area contributed by atoms with Gasteiger partial charge in [0, 0.05) is 19.3 Å². The summed E-state index contributed by atoms with van der Waals surface area (Å²) >= 11 is 0. The summed E-state index contributed by atoms with van der Waals surface area (Å²) in [5.74, 6) is 0.275. The quantitative estimate of drug-likeness (QED) is 0.525. The SMILES string of the molecule is COC(=O)C(C)(CCOCC(C)C)NC(C)C. The van der Waals surface area contributed by atoms with E-state index in [0.717, 1.165) is 6.61 Å². The van der Waals surface area contributed by atoms with Crippen molar-refractivity contribution >= 4 is 5.97 Å². The molecule has 1 N–H and O–H groups in total. The van der Waals surface area contributed by atoms with Crippen LogP contribution in [0, 0.1) is 5.92 Å². The Morgan fingerprint density at radius 1 is 1.29 bits per heavy atom. The van der Waals surface area contributed by atoms with Crippen LogP contribution in [-0.2, 0) is 14.3 Å². The minimum Gasteiger partial charge on any atom is -0.468 e. The van der Waals surface area contributed by atoms with Crippen LogP contribution < -0.4 is 5.32 Å². The summed E-state index contributed by atoms with van der Waals surface area (Å²) in [6.45, 7) is 11.4. The molecular formula is C13H27NO3. The molecule has 0 aromatic heterocycles. The first kappa shape index (κ1) is 16.4. The predicted octanol–water partition coefficient (Wildman–Crippen LogP) is 1.98. The minimum atomic E-state index is -0.667. The molecule has 0 amide bonds. The molecule has 102 valence electrons. The van der Waals surface area contributed by atoms with Crippen molar-refractivity contribution in [3.63, 3.8) is 0 Å². The largest absolute Gasteiger partial charge is 0.468 e. The highest BCUT2D eigenvalue weighted by Gasteiger charge is 2.34. The van der Waals surface area contributed by atoms with E-state index in [1.54, 1.807) is 0 Å². The third-order valence-corrected chi connectivity index (χ3v) is 2.44. The fourth-order valence-corrected chi connectivity index (χ4v) is 1.69. The molecular weight excluding hydrogens is 218 g/mol. The van der Waals surface area contributed by atoms with Gasteiger partial charge in [0.2, 0.25) is 0 Å². The van der Waals surface area contributed by atoms with E-state index in [1.807, 2.05) is 20.8 Å². The van der Waals surface area contributed by atoms with Crippen molar-refractivity contribution in [1.82, 2.24) is 5.32 Å². The van der Waals surface area contributed by atoms with E-state index >= 15 is 0 Å². The highest BCUT2D eigenvalue weighted by molar-refractivity contribution is 5.80. The van der Waals surface area contributed by atoms with Gasteiger partial charge < -0.3 is 9.47 Å². The van der Waals surface area contributed by atoms with E-state index < -0.39 is 5.54 Å².